The van der Waals surface area contributed by atoms with Crippen molar-refractivity contribution in [1.29, 1.82) is 0 Å². The molecule has 0 aliphatic carbocycles. The Balaban J connectivity index is 2.34. The van der Waals surface area contributed by atoms with Gasteiger partial charge in [-0.05, 0) is 32.0 Å². The normalized spacial score (nSPS) is 10.8. The lowest BCUT2D eigenvalue weighted by molar-refractivity contribution is 0.230. The minimum Gasteiger partial charge on any atom is -0.488 e. The molecule has 0 aliphatic heterocycles. The molecule has 3 nitrogen and oxygen atoms in total. The molecule has 0 fully saturated rings. The summed E-state index contributed by atoms with van der Waals surface area (Å²) in [5.74, 6) is -1.02. The van der Waals surface area contributed by atoms with E-state index in [2.05, 4.69) is 15.9 Å². The molecule has 0 heterocycles. The van der Waals surface area contributed by atoms with Crippen LogP contribution < -0.4 is 15.2 Å². The highest BCUT2D eigenvalue weighted by atomic mass is 79.9. The molecule has 21 heavy (non-hydrogen) atoms. The van der Waals surface area contributed by atoms with E-state index in [0.717, 1.165) is 6.07 Å². The van der Waals surface area contributed by atoms with E-state index in [-0.39, 0.29) is 29.0 Å². The first-order valence-corrected chi connectivity index (χ1v) is 7.04. The number of benzene rings is 2. The van der Waals surface area contributed by atoms with E-state index in [0.29, 0.717) is 4.47 Å². The quantitative estimate of drug-likeness (QED) is 0.792. The molecule has 6 heteroatoms. The van der Waals surface area contributed by atoms with Gasteiger partial charge < -0.3 is 15.2 Å². The second kappa shape index (κ2) is 6.30. The molecule has 0 amide bonds. The standard InChI is InChI=1S/C15H14BrF2NO2/c1-8(2)20-14-7-15(12(19)6-11(14)18)21-13-4-3-9(16)5-10(13)17/h3-8H,19H2,1-2H3. The smallest absolute Gasteiger partial charge is 0.167 e. The van der Waals surface area contributed by atoms with Crippen LogP contribution in [0.1, 0.15) is 13.8 Å². The van der Waals surface area contributed by atoms with Gasteiger partial charge in [-0.1, -0.05) is 15.9 Å². The van der Waals surface area contributed by atoms with Crippen LogP contribution in [0.2, 0.25) is 0 Å². The third kappa shape index (κ3) is 3.85. The van der Waals surface area contributed by atoms with Crippen molar-refractivity contribution in [2.75, 3.05) is 5.73 Å². The molecule has 0 unspecified atom stereocenters. The number of halogens is 3. The number of nitrogen functional groups attached to an aromatic ring is 1. The van der Waals surface area contributed by atoms with Crippen molar-refractivity contribution in [3.63, 3.8) is 0 Å². The van der Waals surface area contributed by atoms with Crippen LogP contribution in [0.5, 0.6) is 17.2 Å². The van der Waals surface area contributed by atoms with Gasteiger partial charge in [0.05, 0.1) is 11.8 Å². The van der Waals surface area contributed by atoms with E-state index in [4.69, 9.17) is 15.2 Å². The molecule has 2 rings (SSSR count). The first-order valence-electron chi connectivity index (χ1n) is 6.25. The largest absolute Gasteiger partial charge is 0.488 e. The maximum absolute atomic E-state index is 13.8. The van der Waals surface area contributed by atoms with Crippen LogP contribution in [-0.2, 0) is 0 Å². The molecule has 0 aliphatic rings. The highest BCUT2D eigenvalue weighted by molar-refractivity contribution is 9.10. The Morgan fingerprint density at radius 2 is 1.67 bits per heavy atom. The molecule has 2 N–H and O–H groups in total. The molecule has 0 saturated carbocycles. The number of anilines is 1. The van der Waals surface area contributed by atoms with Crippen LogP contribution in [0.4, 0.5) is 14.5 Å². The monoisotopic (exact) mass is 357 g/mol. The maximum Gasteiger partial charge on any atom is 0.167 e. The van der Waals surface area contributed by atoms with Crippen LogP contribution in [0.15, 0.2) is 34.8 Å². The fraction of sp³-hybridized carbons (Fsp3) is 0.200. The first kappa shape index (κ1) is 15.6. The zero-order chi connectivity index (χ0) is 15.6. The number of hydrogen-bond acceptors (Lipinski definition) is 3. The number of hydrogen-bond donors (Lipinski definition) is 1. The third-order valence-corrected chi connectivity index (χ3v) is 3.03. The van der Waals surface area contributed by atoms with Gasteiger partial charge in [0.15, 0.2) is 28.9 Å². The fourth-order valence-electron chi connectivity index (χ4n) is 1.66. The topological polar surface area (TPSA) is 44.5 Å². The summed E-state index contributed by atoms with van der Waals surface area (Å²) in [5, 5.41) is 0. The third-order valence-electron chi connectivity index (χ3n) is 2.54. The minimum absolute atomic E-state index is 0.00622. The second-order valence-corrected chi connectivity index (χ2v) is 5.58. The SMILES string of the molecule is CC(C)Oc1cc(Oc2ccc(Br)cc2F)c(N)cc1F. The molecular weight excluding hydrogens is 344 g/mol. The Hall–Kier alpha value is -1.82. The maximum atomic E-state index is 13.8. The molecule has 0 spiro atoms. The molecule has 0 radical (unpaired) electrons. The average molecular weight is 358 g/mol. The van der Waals surface area contributed by atoms with Crippen molar-refractivity contribution in [2.24, 2.45) is 0 Å². The summed E-state index contributed by atoms with van der Waals surface area (Å²) in [4.78, 5) is 0. The van der Waals surface area contributed by atoms with Gasteiger partial charge >= 0.3 is 0 Å². The molecule has 0 saturated heterocycles. The van der Waals surface area contributed by atoms with Crippen LogP contribution in [0.3, 0.4) is 0 Å². The summed E-state index contributed by atoms with van der Waals surface area (Å²) >= 11 is 3.15. The minimum atomic E-state index is -0.593. The first-order chi connectivity index (χ1) is 9.86. The number of rotatable bonds is 4. The lowest BCUT2D eigenvalue weighted by Gasteiger charge is -2.14. The van der Waals surface area contributed by atoms with E-state index in [1.54, 1.807) is 19.9 Å². The van der Waals surface area contributed by atoms with E-state index in [1.165, 1.54) is 18.2 Å². The van der Waals surface area contributed by atoms with Crippen molar-refractivity contribution in [1.82, 2.24) is 0 Å². The van der Waals surface area contributed by atoms with Gasteiger partial charge in [-0.15, -0.1) is 0 Å². The van der Waals surface area contributed by atoms with Crippen molar-refractivity contribution < 1.29 is 18.3 Å². The van der Waals surface area contributed by atoms with Gasteiger partial charge in [-0.3, -0.25) is 0 Å². The highest BCUT2D eigenvalue weighted by Crippen LogP contribution is 2.35. The molecule has 0 atom stereocenters. The summed E-state index contributed by atoms with van der Waals surface area (Å²) in [6.07, 6.45) is -0.208. The Labute approximate surface area is 129 Å². The molecule has 2 aromatic rings. The van der Waals surface area contributed by atoms with E-state index < -0.39 is 11.6 Å². The molecular formula is C15H14BrF2NO2. The van der Waals surface area contributed by atoms with Gasteiger partial charge in [0.2, 0.25) is 0 Å². The lowest BCUT2D eigenvalue weighted by Crippen LogP contribution is -2.07. The molecule has 112 valence electrons. The van der Waals surface area contributed by atoms with Crippen LogP contribution in [0, 0.1) is 11.6 Å². The van der Waals surface area contributed by atoms with Gasteiger partial charge in [-0.25, -0.2) is 8.78 Å². The van der Waals surface area contributed by atoms with Crippen LogP contribution in [-0.4, -0.2) is 6.10 Å². The van der Waals surface area contributed by atoms with E-state index in [9.17, 15) is 8.78 Å². The van der Waals surface area contributed by atoms with E-state index in [1.807, 2.05) is 0 Å². The fourth-order valence-corrected chi connectivity index (χ4v) is 1.99. The summed E-state index contributed by atoms with van der Waals surface area (Å²) < 4.78 is 38.8. The molecule has 0 bridgehead atoms. The summed E-state index contributed by atoms with van der Waals surface area (Å²) in [6, 6.07) is 6.74. The average Bonchev–Trinajstić information content (AvgIpc) is 2.37. The van der Waals surface area contributed by atoms with Crippen molar-refractivity contribution in [2.45, 2.75) is 20.0 Å². The number of nitrogens with two attached hydrogens (primary N) is 1. The Morgan fingerprint density at radius 3 is 2.29 bits per heavy atom. The van der Waals surface area contributed by atoms with Gasteiger partial charge in [-0.2, -0.15) is 0 Å². The van der Waals surface area contributed by atoms with Crippen LogP contribution in [0.25, 0.3) is 0 Å². The van der Waals surface area contributed by atoms with E-state index >= 15 is 0 Å². The Morgan fingerprint density at radius 1 is 1.00 bits per heavy atom. The number of ether oxygens (including phenoxy) is 2. The Bertz CT molecular complexity index is 662. The predicted molar refractivity (Wildman–Crippen MR) is 80.8 cm³/mol. The molecule has 0 aromatic heterocycles. The zero-order valence-electron chi connectivity index (χ0n) is 11.5. The van der Waals surface area contributed by atoms with Gasteiger partial charge in [0, 0.05) is 16.6 Å². The van der Waals surface area contributed by atoms with Crippen LogP contribution >= 0.6 is 15.9 Å². The predicted octanol–water partition coefficient (Wildman–Crippen LogP) is 4.89. The van der Waals surface area contributed by atoms with Crippen molar-refractivity contribution in [3.8, 4) is 17.2 Å². The summed E-state index contributed by atoms with van der Waals surface area (Å²) in [5.41, 5.74) is 5.76. The summed E-state index contributed by atoms with van der Waals surface area (Å²) in [7, 11) is 0. The van der Waals surface area contributed by atoms with Gasteiger partial charge in [0.1, 0.15) is 0 Å². The zero-order valence-corrected chi connectivity index (χ0v) is 13.1. The summed E-state index contributed by atoms with van der Waals surface area (Å²) in [6.45, 7) is 3.54. The Kier molecular flexibility index (Phi) is 4.67. The van der Waals surface area contributed by atoms with Crippen molar-refractivity contribution in [3.05, 3.63) is 46.4 Å². The highest BCUT2D eigenvalue weighted by Gasteiger charge is 2.14. The van der Waals surface area contributed by atoms with Gasteiger partial charge in [0.25, 0.3) is 0 Å². The lowest BCUT2D eigenvalue weighted by atomic mass is 10.2. The second-order valence-electron chi connectivity index (χ2n) is 4.66. The van der Waals surface area contributed by atoms with Crippen molar-refractivity contribution >= 4 is 21.6 Å². The molecule has 2 aromatic carbocycles.